The molecular formula is C28H30N4O5. The second-order valence-electron chi connectivity index (χ2n) is 8.41. The van der Waals surface area contributed by atoms with Crippen LogP contribution in [0.1, 0.15) is 28.0 Å². The third kappa shape index (κ3) is 5.50. The highest BCUT2D eigenvalue weighted by Crippen LogP contribution is 2.34. The van der Waals surface area contributed by atoms with E-state index in [2.05, 4.69) is 15.6 Å². The Kier molecular flexibility index (Phi) is 7.92. The van der Waals surface area contributed by atoms with Gasteiger partial charge >= 0.3 is 5.97 Å². The van der Waals surface area contributed by atoms with Gasteiger partial charge in [0.15, 0.2) is 17.2 Å². The maximum absolute atomic E-state index is 12.9. The molecule has 0 bridgehead atoms. The van der Waals surface area contributed by atoms with Crippen molar-refractivity contribution < 1.29 is 23.8 Å². The Balaban J connectivity index is 1.62. The Bertz CT molecular complexity index is 1420. The average molecular weight is 503 g/mol. The number of rotatable bonds is 10. The Morgan fingerprint density at radius 1 is 1.00 bits per heavy atom. The third-order valence-corrected chi connectivity index (χ3v) is 6.12. The van der Waals surface area contributed by atoms with Gasteiger partial charge < -0.3 is 29.4 Å². The Morgan fingerprint density at radius 2 is 1.78 bits per heavy atom. The van der Waals surface area contributed by atoms with Gasteiger partial charge in [0.1, 0.15) is 5.65 Å². The van der Waals surface area contributed by atoms with Crippen molar-refractivity contribution >= 4 is 34.3 Å². The standard InChI is InChI=1S/C28H30N4O5/c1-32-25(28(34)37-4)24(31-23(33)14-13-18-9-6-5-7-10-18)21-15-20(17-30-27(21)32)29-16-19-11-8-12-22(35-2)26(19)36-3/h5-12,15,17,29H,13-14,16H2,1-4H3,(H,31,33). The third-order valence-electron chi connectivity index (χ3n) is 6.12. The van der Waals surface area contributed by atoms with E-state index in [4.69, 9.17) is 14.2 Å². The van der Waals surface area contributed by atoms with E-state index in [1.807, 2.05) is 54.6 Å². The second kappa shape index (κ2) is 11.5. The molecule has 2 heterocycles. The maximum Gasteiger partial charge on any atom is 0.356 e. The molecule has 37 heavy (non-hydrogen) atoms. The van der Waals surface area contributed by atoms with Crippen LogP contribution in [0, 0.1) is 0 Å². The number of para-hydroxylation sites is 1. The number of nitrogens with one attached hydrogen (secondary N) is 2. The molecule has 0 saturated carbocycles. The molecule has 2 aromatic carbocycles. The number of carbonyl (C=O) groups excluding carboxylic acids is 2. The summed E-state index contributed by atoms with van der Waals surface area (Å²) in [6, 6.07) is 17.3. The van der Waals surface area contributed by atoms with Crippen LogP contribution >= 0.6 is 0 Å². The second-order valence-corrected chi connectivity index (χ2v) is 8.41. The van der Waals surface area contributed by atoms with Crippen molar-refractivity contribution in [3.05, 3.63) is 77.6 Å². The van der Waals surface area contributed by atoms with Gasteiger partial charge in [-0.1, -0.05) is 42.5 Å². The molecule has 4 aromatic rings. The minimum absolute atomic E-state index is 0.207. The Hall–Kier alpha value is -4.53. The number of benzene rings is 2. The summed E-state index contributed by atoms with van der Waals surface area (Å²) >= 11 is 0. The molecule has 0 radical (unpaired) electrons. The molecule has 2 aromatic heterocycles. The molecular weight excluding hydrogens is 472 g/mol. The number of pyridine rings is 1. The van der Waals surface area contributed by atoms with E-state index in [-0.39, 0.29) is 18.0 Å². The first kappa shape index (κ1) is 25.6. The lowest BCUT2D eigenvalue weighted by molar-refractivity contribution is -0.116. The molecule has 0 aliphatic heterocycles. The van der Waals surface area contributed by atoms with E-state index in [1.165, 1.54) is 7.11 Å². The predicted octanol–water partition coefficient (Wildman–Crippen LogP) is 4.56. The number of carbonyl (C=O) groups is 2. The number of anilines is 2. The van der Waals surface area contributed by atoms with E-state index in [1.54, 1.807) is 32.0 Å². The first-order chi connectivity index (χ1) is 18.0. The number of methoxy groups -OCH3 is 3. The molecule has 0 atom stereocenters. The summed E-state index contributed by atoms with van der Waals surface area (Å²) in [6.07, 6.45) is 2.53. The molecule has 2 N–H and O–H groups in total. The SMILES string of the molecule is COC(=O)c1c(NC(=O)CCc2ccccc2)c2cc(NCc3cccc(OC)c3OC)cnc2n1C. The van der Waals surface area contributed by atoms with Crippen LogP contribution in [-0.2, 0) is 29.5 Å². The summed E-state index contributed by atoms with van der Waals surface area (Å²) in [5.41, 5.74) is 3.81. The minimum atomic E-state index is -0.561. The van der Waals surface area contributed by atoms with Crippen molar-refractivity contribution in [3.63, 3.8) is 0 Å². The van der Waals surface area contributed by atoms with E-state index in [0.717, 1.165) is 11.1 Å². The van der Waals surface area contributed by atoms with Gasteiger partial charge in [-0.05, 0) is 24.1 Å². The fourth-order valence-corrected chi connectivity index (χ4v) is 4.26. The molecule has 9 heteroatoms. The molecule has 0 aliphatic carbocycles. The average Bonchev–Trinajstić information content (AvgIpc) is 3.20. The molecule has 0 spiro atoms. The van der Waals surface area contributed by atoms with Crippen LogP contribution in [0.25, 0.3) is 11.0 Å². The van der Waals surface area contributed by atoms with Crippen LogP contribution in [0.4, 0.5) is 11.4 Å². The zero-order valence-corrected chi connectivity index (χ0v) is 21.3. The fourth-order valence-electron chi connectivity index (χ4n) is 4.26. The molecule has 0 aliphatic rings. The smallest absolute Gasteiger partial charge is 0.356 e. The summed E-state index contributed by atoms with van der Waals surface area (Å²) in [5, 5.41) is 6.89. The minimum Gasteiger partial charge on any atom is -0.493 e. The highest BCUT2D eigenvalue weighted by molar-refractivity contribution is 6.11. The lowest BCUT2D eigenvalue weighted by atomic mass is 10.1. The van der Waals surface area contributed by atoms with Crippen molar-refractivity contribution in [1.82, 2.24) is 9.55 Å². The van der Waals surface area contributed by atoms with Crippen molar-refractivity contribution in [1.29, 1.82) is 0 Å². The maximum atomic E-state index is 12.9. The van der Waals surface area contributed by atoms with Gasteiger partial charge in [-0.25, -0.2) is 9.78 Å². The van der Waals surface area contributed by atoms with Crippen LogP contribution in [0.3, 0.4) is 0 Å². The molecule has 1 amide bonds. The van der Waals surface area contributed by atoms with Gasteiger partial charge in [0.2, 0.25) is 5.91 Å². The number of aromatic nitrogens is 2. The summed E-state index contributed by atoms with van der Waals surface area (Å²) in [7, 11) is 6.22. The summed E-state index contributed by atoms with van der Waals surface area (Å²) in [6.45, 7) is 0.447. The molecule has 4 rings (SSSR count). The van der Waals surface area contributed by atoms with Crippen molar-refractivity contribution in [2.75, 3.05) is 32.0 Å². The van der Waals surface area contributed by atoms with Crippen LogP contribution in [-0.4, -0.2) is 42.8 Å². The quantitative estimate of drug-likeness (QED) is 0.306. The molecule has 0 fully saturated rings. The molecule has 0 unspecified atom stereocenters. The van der Waals surface area contributed by atoms with Gasteiger partial charge in [0.05, 0.1) is 38.9 Å². The predicted molar refractivity (Wildman–Crippen MR) is 142 cm³/mol. The number of ether oxygens (including phenoxy) is 3. The van der Waals surface area contributed by atoms with E-state index < -0.39 is 5.97 Å². The van der Waals surface area contributed by atoms with E-state index in [9.17, 15) is 9.59 Å². The summed E-state index contributed by atoms with van der Waals surface area (Å²) < 4.78 is 17.5. The van der Waals surface area contributed by atoms with Crippen LogP contribution in [0.15, 0.2) is 60.8 Å². The Morgan fingerprint density at radius 3 is 2.49 bits per heavy atom. The molecule has 0 saturated heterocycles. The van der Waals surface area contributed by atoms with Gasteiger partial charge in [-0.15, -0.1) is 0 Å². The number of aryl methyl sites for hydroxylation is 2. The van der Waals surface area contributed by atoms with Crippen molar-refractivity contribution in [3.8, 4) is 11.5 Å². The number of amides is 1. The fraction of sp³-hybridized carbons (Fsp3) is 0.250. The Labute approximate surface area is 215 Å². The number of hydrogen-bond donors (Lipinski definition) is 2. The van der Waals surface area contributed by atoms with Crippen LogP contribution in [0.5, 0.6) is 11.5 Å². The van der Waals surface area contributed by atoms with Crippen molar-refractivity contribution in [2.45, 2.75) is 19.4 Å². The zero-order valence-electron chi connectivity index (χ0n) is 21.3. The van der Waals surface area contributed by atoms with Crippen LogP contribution < -0.4 is 20.1 Å². The number of esters is 1. The zero-order chi connectivity index (χ0) is 26.4. The van der Waals surface area contributed by atoms with Gasteiger partial charge in [0.25, 0.3) is 0 Å². The summed E-state index contributed by atoms with van der Waals surface area (Å²) in [4.78, 5) is 30.1. The van der Waals surface area contributed by atoms with Gasteiger partial charge in [-0.3, -0.25) is 4.79 Å². The lowest BCUT2D eigenvalue weighted by Gasteiger charge is -2.13. The monoisotopic (exact) mass is 502 g/mol. The van der Waals surface area contributed by atoms with Gasteiger partial charge in [0, 0.05) is 31.0 Å². The van der Waals surface area contributed by atoms with Gasteiger partial charge in [-0.2, -0.15) is 0 Å². The van der Waals surface area contributed by atoms with E-state index >= 15 is 0 Å². The highest BCUT2D eigenvalue weighted by Gasteiger charge is 2.24. The first-order valence-corrected chi connectivity index (χ1v) is 11.8. The number of fused-ring (bicyclic) bond motifs is 1. The largest absolute Gasteiger partial charge is 0.493 e. The normalized spacial score (nSPS) is 10.7. The highest BCUT2D eigenvalue weighted by atomic mass is 16.5. The van der Waals surface area contributed by atoms with E-state index in [0.29, 0.717) is 46.9 Å². The summed E-state index contributed by atoms with van der Waals surface area (Å²) in [5.74, 6) is 0.516. The number of nitrogens with zero attached hydrogens (tertiary/aromatic N) is 2. The first-order valence-electron chi connectivity index (χ1n) is 11.8. The molecule has 192 valence electrons. The van der Waals surface area contributed by atoms with Crippen LogP contribution in [0.2, 0.25) is 0 Å². The number of hydrogen-bond acceptors (Lipinski definition) is 7. The topological polar surface area (TPSA) is 104 Å². The molecule has 9 nitrogen and oxygen atoms in total. The lowest BCUT2D eigenvalue weighted by Crippen LogP contribution is -2.16. The van der Waals surface area contributed by atoms with Crippen molar-refractivity contribution in [2.24, 2.45) is 7.05 Å².